The molecule has 1 heterocycles. The largest absolute Gasteiger partial charge is 0.457 e. The van der Waals surface area contributed by atoms with Crippen molar-refractivity contribution in [3.8, 4) is 11.5 Å². The number of benzene rings is 3. The molecule has 150 valence electrons. The number of para-hydroxylation sites is 1. The molecule has 0 bridgehead atoms. The lowest BCUT2D eigenvalue weighted by Gasteiger charge is -2.32. The Bertz CT molecular complexity index is 910. The van der Waals surface area contributed by atoms with E-state index in [-0.39, 0.29) is 6.04 Å². The van der Waals surface area contributed by atoms with Gasteiger partial charge in [0.1, 0.15) is 11.5 Å². The van der Waals surface area contributed by atoms with Gasteiger partial charge in [-0.15, -0.1) is 0 Å². The van der Waals surface area contributed by atoms with Crippen molar-refractivity contribution in [2.45, 2.75) is 26.3 Å². The Labute approximate surface area is 174 Å². The third-order valence-electron chi connectivity index (χ3n) is 5.45. The average Bonchev–Trinajstić information content (AvgIpc) is 2.98. The Morgan fingerprint density at radius 1 is 0.759 bits per heavy atom. The van der Waals surface area contributed by atoms with Crippen LogP contribution in [0.25, 0.3) is 0 Å². The zero-order valence-corrected chi connectivity index (χ0v) is 17.4. The Balaban J connectivity index is 1.71. The van der Waals surface area contributed by atoms with Gasteiger partial charge in [0.15, 0.2) is 0 Å². The summed E-state index contributed by atoms with van der Waals surface area (Å²) < 4.78 is 6.13. The fraction of sp³-hybridized carbons (Fsp3) is 0.308. The minimum atomic E-state index is 0.229. The van der Waals surface area contributed by atoms with E-state index in [0.717, 1.165) is 37.7 Å². The Hall–Kier alpha value is -2.62. The minimum Gasteiger partial charge on any atom is -0.457 e. The molecule has 0 saturated carbocycles. The van der Waals surface area contributed by atoms with E-state index in [1.165, 1.54) is 28.7 Å². The standard InChI is InChI=1S/C26H30N2O/c1-20-16-21(2)18-23(17-20)26(28-14-7-12-27-13-15-28)22-8-6-11-25(19-22)29-24-9-4-3-5-10-24/h3-6,8-11,16-19,26-27H,7,12-15H2,1-2H3. The number of rotatable bonds is 5. The van der Waals surface area contributed by atoms with E-state index >= 15 is 0 Å². The summed E-state index contributed by atoms with van der Waals surface area (Å²) in [5.41, 5.74) is 5.27. The molecule has 29 heavy (non-hydrogen) atoms. The second-order valence-electron chi connectivity index (χ2n) is 7.95. The maximum absolute atomic E-state index is 6.13. The number of nitrogens with zero attached hydrogens (tertiary/aromatic N) is 1. The van der Waals surface area contributed by atoms with Gasteiger partial charge in [0, 0.05) is 19.6 Å². The highest BCUT2D eigenvalue weighted by Crippen LogP contribution is 2.33. The van der Waals surface area contributed by atoms with Crippen molar-refractivity contribution >= 4 is 0 Å². The first kappa shape index (κ1) is 19.7. The van der Waals surface area contributed by atoms with Crippen LogP contribution in [0.15, 0.2) is 72.8 Å². The van der Waals surface area contributed by atoms with E-state index in [4.69, 9.17) is 4.74 Å². The van der Waals surface area contributed by atoms with Crippen LogP contribution in [0.4, 0.5) is 0 Å². The Kier molecular flexibility index (Phi) is 6.28. The number of aryl methyl sites for hydroxylation is 2. The van der Waals surface area contributed by atoms with Crippen molar-refractivity contribution in [3.05, 3.63) is 95.1 Å². The molecular weight excluding hydrogens is 356 g/mol. The zero-order valence-electron chi connectivity index (χ0n) is 17.4. The van der Waals surface area contributed by atoms with Gasteiger partial charge in [0.2, 0.25) is 0 Å². The van der Waals surface area contributed by atoms with Gasteiger partial charge in [-0.25, -0.2) is 0 Å². The molecule has 3 aromatic rings. The maximum atomic E-state index is 6.13. The molecule has 3 heteroatoms. The summed E-state index contributed by atoms with van der Waals surface area (Å²) in [4.78, 5) is 2.61. The molecule has 0 aliphatic carbocycles. The SMILES string of the molecule is Cc1cc(C)cc(C(c2cccc(Oc3ccccc3)c2)N2CCCNCC2)c1. The number of hydrogen-bond donors (Lipinski definition) is 1. The van der Waals surface area contributed by atoms with Gasteiger partial charge in [-0.05, 0) is 62.2 Å². The molecule has 1 aliphatic rings. The summed E-state index contributed by atoms with van der Waals surface area (Å²) in [5, 5.41) is 3.54. The second-order valence-corrected chi connectivity index (χ2v) is 7.95. The summed E-state index contributed by atoms with van der Waals surface area (Å²) >= 11 is 0. The van der Waals surface area contributed by atoms with Crippen molar-refractivity contribution in [2.24, 2.45) is 0 Å². The predicted octanol–water partition coefficient (Wildman–Crippen LogP) is 5.48. The van der Waals surface area contributed by atoms with Crippen LogP contribution in [0.3, 0.4) is 0 Å². The number of hydrogen-bond acceptors (Lipinski definition) is 3. The highest BCUT2D eigenvalue weighted by atomic mass is 16.5. The van der Waals surface area contributed by atoms with Crippen molar-refractivity contribution < 1.29 is 4.74 Å². The minimum absolute atomic E-state index is 0.229. The van der Waals surface area contributed by atoms with Crippen LogP contribution in [-0.2, 0) is 0 Å². The molecule has 0 amide bonds. The first-order valence-corrected chi connectivity index (χ1v) is 10.5. The Morgan fingerprint density at radius 2 is 1.52 bits per heavy atom. The lowest BCUT2D eigenvalue weighted by molar-refractivity contribution is 0.240. The van der Waals surface area contributed by atoms with Crippen LogP contribution in [0.5, 0.6) is 11.5 Å². The fourth-order valence-corrected chi connectivity index (χ4v) is 4.28. The lowest BCUT2D eigenvalue weighted by atomic mass is 9.94. The van der Waals surface area contributed by atoms with Gasteiger partial charge in [0.05, 0.1) is 6.04 Å². The van der Waals surface area contributed by atoms with Gasteiger partial charge in [-0.1, -0.05) is 59.7 Å². The van der Waals surface area contributed by atoms with Crippen molar-refractivity contribution in [2.75, 3.05) is 26.2 Å². The zero-order chi connectivity index (χ0) is 20.1. The maximum Gasteiger partial charge on any atom is 0.127 e. The van der Waals surface area contributed by atoms with Crippen LogP contribution in [0, 0.1) is 13.8 Å². The molecule has 0 aromatic heterocycles. The molecular formula is C26H30N2O. The highest BCUT2D eigenvalue weighted by molar-refractivity contribution is 5.41. The molecule has 1 fully saturated rings. The van der Waals surface area contributed by atoms with Gasteiger partial charge >= 0.3 is 0 Å². The van der Waals surface area contributed by atoms with Crippen molar-refractivity contribution in [1.82, 2.24) is 10.2 Å². The second kappa shape index (κ2) is 9.25. The molecule has 1 N–H and O–H groups in total. The van der Waals surface area contributed by atoms with E-state index in [9.17, 15) is 0 Å². The van der Waals surface area contributed by atoms with E-state index in [1.54, 1.807) is 0 Å². The van der Waals surface area contributed by atoms with Crippen molar-refractivity contribution in [1.29, 1.82) is 0 Å². The third kappa shape index (κ3) is 5.06. The lowest BCUT2D eigenvalue weighted by Crippen LogP contribution is -2.33. The summed E-state index contributed by atoms with van der Waals surface area (Å²) in [7, 11) is 0. The van der Waals surface area contributed by atoms with Crippen LogP contribution < -0.4 is 10.1 Å². The third-order valence-corrected chi connectivity index (χ3v) is 5.45. The van der Waals surface area contributed by atoms with E-state index in [0.29, 0.717) is 0 Å². The molecule has 3 nitrogen and oxygen atoms in total. The Morgan fingerprint density at radius 3 is 2.31 bits per heavy atom. The summed E-state index contributed by atoms with van der Waals surface area (Å²) in [6.45, 7) is 8.63. The monoisotopic (exact) mass is 386 g/mol. The van der Waals surface area contributed by atoms with Crippen molar-refractivity contribution in [3.63, 3.8) is 0 Å². The van der Waals surface area contributed by atoms with Crippen LogP contribution in [0.2, 0.25) is 0 Å². The van der Waals surface area contributed by atoms with Crippen LogP contribution in [-0.4, -0.2) is 31.1 Å². The van der Waals surface area contributed by atoms with Crippen LogP contribution in [0.1, 0.15) is 34.7 Å². The molecule has 4 rings (SSSR count). The molecule has 0 spiro atoms. The smallest absolute Gasteiger partial charge is 0.127 e. The normalized spacial score (nSPS) is 16.2. The summed E-state index contributed by atoms with van der Waals surface area (Å²) in [6.07, 6.45) is 1.17. The van der Waals surface area contributed by atoms with Gasteiger partial charge in [-0.2, -0.15) is 0 Å². The van der Waals surface area contributed by atoms with Crippen LogP contribution >= 0.6 is 0 Å². The van der Waals surface area contributed by atoms with E-state index < -0.39 is 0 Å². The van der Waals surface area contributed by atoms with E-state index in [2.05, 4.69) is 60.5 Å². The molecule has 1 saturated heterocycles. The van der Waals surface area contributed by atoms with Gasteiger partial charge < -0.3 is 10.1 Å². The predicted molar refractivity (Wildman–Crippen MR) is 120 cm³/mol. The molecule has 1 aliphatic heterocycles. The van der Waals surface area contributed by atoms with Gasteiger partial charge in [0.25, 0.3) is 0 Å². The molecule has 0 radical (unpaired) electrons. The first-order valence-electron chi connectivity index (χ1n) is 10.5. The van der Waals surface area contributed by atoms with E-state index in [1.807, 2.05) is 36.4 Å². The average molecular weight is 387 g/mol. The first-order chi connectivity index (χ1) is 14.2. The summed E-state index contributed by atoms with van der Waals surface area (Å²) in [5.74, 6) is 1.75. The number of ether oxygens (including phenoxy) is 1. The molecule has 1 atom stereocenters. The quantitative estimate of drug-likeness (QED) is 0.628. The fourth-order valence-electron chi connectivity index (χ4n) is 4.28. The molecule has 3 aromatic carbocycles. The highest BCUT2D eigenvalue weighted by Gasteiger charge is 2.24. The van der Waals surface area contributed by atoms with Gasteiger partial charge in [-0.3, -0.25) is 4.90 Å². The molecule has 1 unspecified atom stereocenters. The topological polar surface area (TPSA) is 24.5 Å². The number of nitrogens with one attached hydrogen (secondary N) is 1. The summed E-state index contributed by atoms with van der Waals surface area (Å²) in [6, 6.07) is 25.7.